The minimum absolute atomic E-state index is 0.560. The Morgan fingerprint density at radius 3 is 2.82 bits per heavy atom. The van der Waals surface area contributed by atoms with Gasteiger partial charge in [-0.05, 0) is 48.6 Å². The lowest BCUT2D eigenvalue weighted by Crippen LogP contribution is -2.00. The largest absolute Gasteiger partial charge is 0.494 e. The number of ether oxygens (including phenoxy) is 1. The number of hydrogen-bond donors (Lipinski definition) is 1. The number of rotatable bonds is 4. The van der Waals surface area contributed by atoms with Crippen LogP contribution in [0.2, 0.25) is 0 Å². The molecule has 17 heavy (non-hydrogen) atoms. The highest BCUT2D eigenvalue weighted by molar-refractivity contribution is 7.10. The van der Waals surface area contributed by atoms with E-state index in [0.29, 0.717) is 6.61 Å². The summed E-state index contributed by atoms with van der Waals surface area (Å²) in [6.07, 6.45) is -0.560. The molecule has 0 saturated heterocycles. The quantitative estimate of drug-likeness (QED) is 0.896. The van der Waals surface area contributed by atoms with Gasteiger partial charge in [0.15, 0.2) is 0 Å². The Bertz CT molecular complexity index is 490. The summed E-state index contributed by atoms with van der Waals surface area (Å²) in [5, 5.41) is 12.3. The van der Waals surface area contributed by atoms with Gasteiger partial charge in [0, 0.05) is 4.88 Å². The lowest BCUT2D eigenvalue weighted by molar-refractivity contribution is 0.222. The van der Waals surface area contributed by atoms with Crippen LogP contribution < -0.4 is 4.74 Å². The van der Waals surface area contributed by atoms with E-state index in [1.165, 1.54) is 0 Å². The molecule has 3 heteroatoms. The Morgan fingerprint density at radius 2 is 2.18 bits per heavy atom. The predicted molar refractivity (Wildman–Crippen MR) is 70.7 cm³/mol. The molecule has 1 aromatic heterocycles. The minimum Gasteiger partial charge on any atom is -0.494 e. The van der Waals surface area contributed by atoms with Gasteiger partial charge in [0.1, 0.15) is 11.9 Å². The fraction of sp³-hybridized carbons (Fsp3) is 0.286. The Labute approximate surface area is 105 Å². The third kappa shape index (κ3) is 2.68. The molecule has 0 fully saturated rings. The molecular weight excluding hydrogens is 232 g/mol. The van der Waals surface area contributed by atoms with Crippen molar-refractivity contribution in [3.05, 3.63) is 51.7 Å². The zero-order valence-corrected chi connectivity index (χ0v) is 10.8. The summed E-state index contributed by atoms with van der Waals surface area (Å²) in [6, 6.07) is 9.66. The van der Waals surface area contributed by atoms with Gasteiger partial charge >= 0.3 is 0 Å². The minimum atomic E-state index is -0.560. The molecule has 0 radical (unpaired) electrons. The number of aliphatic hydroxyl groups excluding tert-OH is 1. The maximum atomic E-state index is 10.3. The van der Waals surface area contributed by atoms with Crippen molar-refractivity contribution in [1.82, 2.24) is 0 Å². The van der Waals surface area contributed by atoms with Gasteiger partial charge < -0.3 is 9.84 Å². The molecule has 0 amide bonds. The maximum absolute atomic E-state index is 10.3. The molecule has 90 valence electrons. The van der Waals surface area contributed by atoms with Crippen molar-refractivity contribution in [2.45, 2.75) is 20.0 Å². The fourth-order valence-corrected chi connectivity index (χ4v) is 2.69. The first-order valence-electron chi connectivity index (χ1n) is 5.67. The second-order valence-corrected chi connectivity index (χ2v) is 4.82. The van der Waals surface area contributed by atoms with Gasteiger partial charge in [0.05, 0.1) is 6.61 Å². The van der Waals surface area contributed by atoms with Gasteiger partial charge in [-0.2, -0.15) is 0 Å². The summed E-state index contributed by atoms with van der Waals surface area (Å²) in [5.41, 5.74) is 2.01. The van der Waals surface area contributed by atoms with E-state index in [2.05, 4.69) is 0 Å². The molecule has 0 spiro atoms. The van der Waals surface area contributed by atoms with Crippen LogP contribution in [-0.4, -0.2) is 11.7 Å². The lowest BCUT2D eigenvalue weighted by Gasteiger charge is -2.12. The van der Waals surface area contributed by atoms with Crippen LogP contribution in [0, 0.1) is 6.92 Å². The molecule has 0 saturated carbocycles. The molecule has 1 heterocycles. The summed E-state index contributed by atoms with van der Waals surface area (Å²) in [5.74, 6) is 0.804. The van der Waals surface area contributed by atoms with Crippen LogP contribution in [0.3, 0.4) is 0 Å². The van der Waals surface area contributed by atoms with Crippen molar-refractivity contribution in [2.24, 2.45) is 0 Å². The van der Waals surface area contributed by atoms with E-state index in [1.54, 1.807) is 11.3 Å². The molecule has 0 aliphatic rings. The molecule has 2 nitrogen and oxygen atoms in total. The van der Waals surface area contributed by atoms with Gasteiger partial charge in [-0.15, -0.1) is 11.3 Å². The summed E-state index contributed by atoms with van der Waals surface area (Å²) < 4.78 is 5.44. The van der Waals surface area contributed by atoms with Crippen LogP contribution in [0.1, 0.15) is 29.0 Å². The Hall–Kier alpha value is -1.32. The van der Waals surface area contributed by atoms with Crippen LogP contribution in [0.15, 0.2) is 35.7 Å². The number of benzene rings is 1. The Morgan fingerprint density at radius 1 is 1.35 bits per heavy atom. The van der Waals surface area contributed by atoms with E-state index in [0.717, 1.165) is 21.8 Å². The molecular formula is C14H16O2S. The SMILES string of the molecule is CCOc1cccc(C(O)c2sccc2C)c1. The highest BCUT2D eigenvalue weighted by atomic mass is 32.1. The smallest absolute Gasteiger partial charge is 0.119 e. The predicted octanol–water partition coefficient (Wildman–Crippen LogP) is 3.54. The van der Waals surface area contributed by atoms with E-state index < -0.39 is 6.10 Å². The summed E-state index contributed by atoms with van der Waals surface area (Å²) >= 11 is 1.58. The average molecular weight is 248 g/mol. The average Bonchev–Trinajstić information content (AvgIpc) is 2.75. The lowest BCUT2D eigenvalue weighted by atomic mass is 10.1. The van der Waals surface area contributed by atoms with Crippen molar-refractivity contribution in [2.75, 3.05) is 6.61 Å². The van der Waals surface area contributed by atoms with Gasteiger partial charge in [-0.25, -0.2) is 0 Å². The Balaban J connectivity index is 2.28. The molecule has 1 N–H and O–H groups in total. The van der Waals surface area contributed by atoms with Crippen molar-refractivity contribution in [3.8, 4) is 5.75 Å². The molecule has 0 aliphatic carbocycles. The summed E-state index contributed by atoms with van der Waals surface area (Å²) in [7, 11) is 0. The number of hydrogen-bond acceptors (Lipinski definition) is 3. The molecule has 0 aliphatic heterocycles. The summed E-state index contributed by atoms with van der Waals surface area (Å²) in [6.45, 7) is 4.60. The molecule has 0 bridgehead atoms. The van der Waals surface area contributed by atoms with Crippen molar-refractivity contribution in [1.29, 1.82) is 0 Å². The topological polar surface area (TPSA) is 29.5 Å². The molecule has 1 unspecified atom stereocenters. The first-order valence-corrected chi connectivity index (χ1v) is 6.55. The van der Waals surface area contributed by atoms with Crippen molar-refractivity contribution >= 4 is 11.3 Å². The third-order valence-electron chi connectivity index (χ3n) is 2.63. The second kappa shape index (κ2) is 5.34. The van der Waals surface area contributed by atoms with Crippen molar-refractivity contribution in [3.63, 3.8) is 0 Å². The van der Waals surface area contributed by atoms with Crippen LogP contribution >= 0.6 is 11.3 Å². The normalized spacial score (nSPS) is 12.4. The monoisotopic (exact) mass is 248 g/mol. The number of aryl methyl sites for hydroxylation is 1. The highest BCUT2D eigenvalue weighted by Gasteiger charge is 2.14. The molecule has 1 atom stereocenters. The Kier molecular flexibility index (Phi) is 3.82. The van der Waals surface area contributed by atoms with Crippen LogP contribution in [-0.2, 0) is 0 Å². The van der Waals surface area contributed by atoms with Crippen LogP contribution in [0.5, 0.6) is 5.75 Å². The molecule has 1 aromatic carbocycles. The van der Waals surface area contributed by atoms with Gasteiger partial charge in [-0.3, -0.25) is 0 Å². The maximum Gasteiger partial charge on any atom is 0.119 e. The highest BCUT2D eigenvalue weighted by Crippen LogP contribution is 2.30. The van der Waals surface area contributed by atoms with Crippen molar-refractivity contribution < 1.29 is 9.84 Å². The van der Waals surface area contributed by atoms with Crippen LogP contribution in [0.25, 0.3) is 0 Å². The fourth-order valence-electron chi connectivity index (χ4n) is 1.76. The number of aliphatic hydroxyl groups is 1. The zero-order chi connectivity index (χ0) is 12.3. The standard InChI is InChI=1S/C14H16O2S/c1-3-16-12-6-4-5-11(9-12)13(15)14-10(2)7-8-17-14/h4-9,13,15H,3H2,1-2H3. The van der Waals surface area contributed by atoms with E-state index in [-0.39, 0.29) is 0 Å². The van der Waals surface area contributed by atoms with E-state index in [1.807, 2.05) is 49.6 Å². The van der Waals surface area contributed by atoms with Gasteiger partial charge in [-0.1, -0.05) is 12.1 Å². The van der Waals surface area contributed by atoms with Gasteiger partial charge in [0.25, 0.3) is 0 Å². The number of thiophene rings is 1. The van der Waals surface area contributed by atoms with E-state index in [9.17, 15) is 5.11 Å². The van der Waals surface area contributed by atoms with Gasteiger partial charge in [0.2, 0.25) is 0 Å². The second-order valence-electron chi connectivity index (χ2n) is 3.88. The molecule has 2 aromatic rings. The summed E-state index contributed by atoms with van der Waals surface area (Å²) in [4.78, 5) is 0.999. The first-order chi connectivity index (χ1) is 8.22. The zero-order valence-electron chi connectivity index (χ0n) is 10.0. The third-order valence-corrected chi connectivity index (χ3v) is 3.71. The molecule has 2 rings (SSSR count). The van der Waals surface area contributed by atoms with E-state index in [4.69, 9.17) is 4.74 Å². The van der Waals surface area contributed by atoms with Crippen LogP contribution in [0.4, 0.5) is 0 Å². The van der Waals surface area contributed by atoms with E-state index >= 15 is 0 Å². The first kappa shape index (κ1) is 12.1.